The molecule has 1 fully saturated rings. The van der Waals surface area contributed by atoms with Crippen LogP contribution in [-0.4, -0.2) is 6.54 Å². The van der Waals surface area contributed by atoms with E-state index in [-0.39, 0.29) is 5.82 Å². The number of nitrogens with two attached hydrogens (primary N) is 1. The Morgan fingerprint density at radius 3 is 2.61 bits per heavy atom. The Morgan fingerprint density at radius 2 is 1.89 bits per heavy atom. The average molecular weight is 270 g/mol. The summed E-state index contributed by atoms with van der Waals surface area (Å²) in [5, 5.41) is 0.615. The van der Waals surface area contributed by atoms with Gasteiger partial charge in [0.1, 0.15) is 5.82 Å². The molecule has 2 rings (SSSR count). The molecule has 0 aliphatic heterocycles. The molecule has 0 heterocycles. The van der Waals surface area contributed by atoms with Crippen molar-refractivity contribution < 1.29 is 4.39 Å². The lowest BCUT2D eigenvalue weighted by atomic mass is 9.83. The van der Waals surface area contributed by atoms with Gasteiger partial charge in [0.25, 0.3) is 0 Å². The maximum absolute atomic E-state index is 13.8. The largest absolute Gasteiger partial charge is 0.330 e. The Morgan fingerprint density at radius 1 is 1.17 bits per heavy atom. The van der Waals surface area contributed by atoms with E-state index in [2.05, 4.69) is 0 Å². The number of hydrogen-bond acceptors (Lipinski definition) is 1. The molecule has 0 radical (unpaired) electrons. The Balaban J connectivity index is 2.12. The number of halogens is 2. The van der Waals surface area contributed by atoms with Gasteiger partial charge in [0.2, 0.25) is 0 Å². The van der Waals surface area contributed by atoms with Gasteiger partial charge >= 0.3 is 0 Å². The van der Waals surface area contributed by atoms with E-state index in [9.17, 15) is 4.39 Å². The molecule has 1 saturated carbocycles. The van der Waals surface area contributed by atoms with Gasteiger partial charge in [-0.1, -0.05) is 30.9 Å². The van der Waals surface area contributed by atoms with Crippen molar-refractivity contribution in [3.63, 3.8) is 0 Å². The highest BCUT2D eigenvalue weighted by Crippen LogP contribution is 2.31. The normalized spacial score (nSPS) is 24.8. The molecule has 1 aliphatic carbocycles. The summed E-state index contributed by atoms with van der Waals surface area (Å²) in [6.07, 6.45) is 6.90. The second-order valence-electron chi connectivity index (χ2n) is 5.33. The van der Waals surface area contributed by atoms with Crippen molar-refractivity contribution in [2.24, 2.45) is 17.6 Å². The second-order valence-corrected chi connectivity index (χ2v) is 5.77. The van der Waals surface area contributed by atoms with Gasteiger partial charge in [-0.3, -0.25) is 0 Å². The van der Waals surface area contributed by atoms with Gasteiger partial charge in [0, 0.05) is 5.02 Å². The minimum atomic E-state index is -0.139. The molecular formula is C15H21ClFN. The van der Waals surface area contributed by atoms with E-state index in [0.717, 1.165) is 18.4 Å². The van der Waals surface area contributed by atoms with E-state index in [1.165, 1.54) is 31.7 Å². The van der Waals surface area contributed by atoms with Crippen LogP contribution in [0.25, 0.3) is 0 Å². The zero-order valence-electron chi connectivity index (χ0n) is 10.7. The lowest BCUT2D eigenvalue weighted by Crippen LogP contribution is -2.24. The van der Waals surface area contributed by atoms with Crippen LogP contribution < -0.4 is 5.73 Å². The minimum absolute atomic E-state index is 0.139. The maximum Gasteiger partial charge on any atom is 0.126 e. The highest BCUT2D eigenvalue weighted by Gasteiger charge is 2.23. The molecule has 0 aromatic heterocycles. The van der Waals surface area contributed by atoms with Crippen molar-refractivity contribution in [2.75, 3.05) is 6.54 Å². The third-order valence-corrected chi connectivity index (χ3v) is 4.34. The van der Waals surface area contributed by atoms with E-state index in [1.807, 2.05) is 0 Å². The zero-order valence-corrected chi connectivity index (χ0v) is 11.4. The number of rotatable bonds is 3. The summed E-state index contributed by atoms with van der Waals surface area (Å²) in [5.74, 6) is 0.899. The summed E-state index contributed by atoms with van der Waals surface area (Å²) in [4.78, 5) is 0. The molecule has 18 heavy (non-hydrogen) atoms. The predicted molar refractivity (Wildman–Crippen MR) is 74.2 cm³/mol. The first kappa shape index (κ1) is 13.8. The maximum atomic E-state index is 13.8. The lowest BCUT2D eigenvalue weighted by Gasteiger charge is -2.24. The zero-order chi connectivity index (χ0) is 13.0. The Kier molecular flexibility index (Phi) is 5.02. The first-order chi connectivity index (χ1) is 8.70. The lowest BCUT2D eigenvalue weighted by molar-refractivity contribution is 0.315. The van der Waals surface area contributed by atoms with E-state index in [0.29, 0.717) is 23.4 Å². The molecule has 1 aromatic rings. The average Bonchev–Trinajstić information content (AvgIpc) is 2.59. The molecule has 0 saturated heterocycles. The fourth-order valence-electron chi connectivity index (χ4n) is 3.02. The summed E-state index contributed by atoms with van der Waals surface area (Å²) in [5.41, 5.74) is 6.61. The standard InChI is InChI=1S/C15H21ClFN/c16-14-6-7-15(17)13(9-14)8-11-4-2-1-3-5-12(11)10-18/h6-7,9,11-12H,1-5,8,10,18H2. The third kappa shape index (κ3) is 3.46. The van der Waals surface area contributed by atoms with Gasteiger partial charge in [-0.2, -0.15) is 0 Å². The van der Waals surface area contributed by atoms with Crippen LogP contribution in [0.5, 0.6) is 0 Å². The van der Waals surface area contributed by atoms with E-state index in [4.69, 9.17) is 17.3 Å². The molecule has 0 bridgehead atoms. The molecule has 3 heteroatoms. The van der Waals surface area contributed by atoms with Crippen molar-refractivity contribution in [2.45, 2.75) is 38.5 Å². The first-order valence-electron chi connectivity index (χ1n) is 6.84. The minimum Gasteiger partial charge on any atom is -0.330 e. The summed E-state index contributed by atoms with van der Waals surface area (Å²) < 4.78 is 13.8. The van der Waals surface area contributed by atoms with Crippen LogP contribution in [0.3, 0.4) is 0 Å². The van der Waals surface area contributed by atoms with Crippen LogP contribution in [0.1, 0.15) is 37.7 Å². The molecule has 1 aromatic carbocycles. The highest BCUT2D eigenvalue weighted by molar-refractivity contribution is 6.30. The van der Waals surface area contributed by atoms with Crippen LogP contribution in [0.4, 0.5) is 4.39 Å². The van der Waals surface area contributed by atoms with Gasteiger partial charge in [-0.05, 0) is 61.4 Å². The molecule has 2 N–H and O–H groups in total. The van der Waals surface area contributed by atoms with Gasteiger partial charge in [-0.25, -0.2) is 4.39 Å². The number of benzene rings is 1. The van der Waals surface area contributed by atoms with Crippen LogP contribution in [0.15, 0.2) is 18.2 Å². The van der Waals surface area contributed by atoms with Crippen LogP contribution in [0, 0.1) is 17.7 Å². The van der Waals surface area contributed by atoms with E-state index >= 15 is 0 Å². The van der Waals surface area contributed by atoms with Gasteiger partial charge < -0.3 is 5.73 Å². The van der Waals surface area contributed by atoms with Crippen molar-refractivity contribution >= 4 is 11.6 Å². The van der Waals surface area contributed by atoms with Crippen molar-refractivity contribution in [1.82, 2.24) is 0 Å². The van der Waals surface area contributed by atoms with Crippen molar-refractivity contribution in [3.05, 3.63) is 34.6 Å². The molecule has 0 amide bonds. The van der Waals surface area contributed by atoms with Gasteiger partial charge in [0.15, 0.2) is 0 Å². The SMILES string of the molecule is NCC1CCCCCC1Cc1cc(Cl)ccc1F. The molecule has 2 unspecified atom stereocenters. The summed E-state index contributed by atoms with van der Waals surface area (Å²) in [6.45, 7) is 0.715. The summed E-state index contributed by atoms with van der Waals surface area (Å²) >= 11 is 5.95. The Hall–Kier alpha value is -0.600. The highest BCUT2D eigenvalue weighted by atomic mass is 35.5. The Bertz CT molecular complexity index is 394. The topological polar surface area (TPSA) is 26.0 Å². The predicted octanol–water partition coefficient (Wildman–Crippen LogP) is 4.18. The van der Waals surface area contributed by atoms with Crippen LogP contribution >= 0.6 is 11.6 Å². The molecule has 1 nitrogen and oxygen atoms in total. The molecule has 100 valence electrons. The van der Waals surface area contributed by atoms with E-state index < -0.39 is 0 Å². The monoisotopic (exact) mass is 269 g/mol. The third-order valence-electron chi connectivity index (χ3n) is 4.11. The quantitative estimate of drug-likeness (QED) is 0.819. The van der Waals surface area contributed by atoms with Crippen molar-refractivity contribution in [3.8, 4) is 0 Å². The van der Waals surface area contributed by atoms with Crippen molar-refractivity contribution in [1.29, 1.82) is 0 Å². The van der Waals surface area contributed by atoms with E-state index in [1.54, 1.807) is 12.1 Å². The van der Waals surface area contributed by atoms with Crippen LogP contribution in [-0.2, 0) is 6.42 Å². The smallest absolute Gasteiger partial charge is 0.126 e. The fourth-order valence-corrected chi connectivity index (χ4v) is 3.22. The summed E-state index contributed by atoms with van der Waals surface area (Å²) in [6, 6.07) is 4.83. The van der Waals surface area contributed by atoms with Crippen LogP contribution in [0.2, 0.25) is 5.02 Å². The van der Waals surface area contributed by atoms with Gasteiger partial charge in [0.05, 0.1) is 0 Å². The first-order valence-corrected chi connectivity index (χ1v) is 7.22. The summed E-state index contributed by atoms with van der Waals surface area (Å²) in [7, 11) is 0. The molecule has 0 spiro atoms. The second kappa shape index (κ2) is 6.53. The number of hydrogen-bond donors (Lipinski definition) is 1. The molecular weight excluding hydrogens is 249 g/mol. The van der Waals surface area contributed by atoms with Gasteiger partial charge in [-0.15, -0.1) is 0 Å². The molecule has 2 atom stereocenters. The fraction of sp³-hybridized carbons (Fsp3) is 0.600. The molecule has 1 aliphatic rings. The Labute approximate surface area is 114 Å².